The van der Waals surface area contributed by atoms with Crippen molar-refractivity contribution in [2.75, 3.05) is 0 Å². The Hall–Kier alpha value is -7.45. The number of pyridine rings is 2. The number of carbonyl (C=O) groups excluding carboxylic acids is 3. The lowest BCUT2D eigenvalue weighted by Gasteiger charge is -2.24. The predicted octanol–water partition coefficient (Wildman–Crippen LogP) is 3.88. The molecule has 6 aromatic heterocycles. The number of hydrogen-bond donors (Lipinski definition) is 4. The molecule has 380 valence electrons. The molecule has 0 atom stereocenters. The van der Waals surface area contributed by atoms with Crippen molar-refractivity contribution in [3.63, 3.8) is 0 Å². The highest BCUT2D eigenvalue weighted by Gasteiger charge is 2.54. The Bertz CT molecular complexity index is 3520. The summed E-state index contributed by atoms with van der Waals surface area (Å²) < 4.78 is 83.8. The second-order valence-corrected chi connectivity index (χ2v) is 17.4. The summed E-state index contributed by atoms with van der Waals surface area (Å²) in [7, 11) is 0. The summed E-state index contributed by atoms with van der Waals surface area (Å²) in [5, 5.41) is 36.3. The number of carbonyl (C=O) groups is 3. The molecule has 8 aromatic rings. The summed E-state index contributed by atoms with van der Waals surface area (Å²) in [6, 6.07) is 17.8. The molecule has 0 spiro atoms. The first-order valence-corrected chi connectivity index (χ1v) is 22.3. The lowest BCUT2D eigenvalue weighted by Crippen LogP contribution is -2.50. The van der Waals surface area contributed by atoms with Gasteiger partial charge in [-0.05, 0) is 105 Å². The molecule has 2 amide bonds. The van der Waals surface area contributed by atoms with E-state index in [9.17, 15) is 60.5 Å². The predicted molar refractivity (Wildman–Crippen MR) is 247 cm³/mol. The lowest BCUT2D eigenvalue weighted by molar-refractivity contribution is -0.353. The molecule has 0 radical (unpaired) electrons. The number of aromatic nitrogens is 14. The molecular weight excluding hydrogens is 1160 g/mol. The molecule has 0 aliphatic rings. The van der Waals surface area contributed by atoms with Gasteiger partial charge in [0.05, 0.1) is 22.0 Å². The third kappa shape index (κ3) is 11.8. The molecule has 6 N–H and O–H groups in total. The molecule has 0 aliphatic heterocycles. The van der Waals surface area contributed by atoms with Crippen molar-refractivity contribution in [3.8, 4) is 34.4 Å². The summed E-state index contributed by atoms with van der Waals surface area (Å²) in [5.74, 6) is -9.39. The van der Waals surface area contributed by atoms with Crippen molar-refractivity contribution in [1.82, 2.24) is 68.2 Å². The molecule has 0 fully saturated rings. The van der Waals surface area contributed by atoms with Crippen LogP contribution >= 0.6 is 55.1 Å². The number of halogens is 10. The van der Waals surface area contributed by atoms with Gasteiger partial charge in [-0.25, -0.2) is 38.9 Å². The SMILES string of the molecule is NC(=O)c1nc(Cn2nc(-c3ccc(Cl)cc3)n(CC(=O)C(F)(F)F)c2=O)nn1-c1ncccc1Br.NC(=O)c1nc(Cn2nc(-c3ccc(Cl)cc3)n(CC(O)(O)C(F)(F)F)c2=O)nn1-c1ncccc1Br. The Kier molecular flexibility index (Phi) is 15.3. The van der Waals surface area contributed by atoms with Crippen molar-refractivity contribution in [1.29, 1.82) is 0 Å². The summed E-state index contributed by atoms with van der Waals surface area (Å²) in [5.41, 5.74) is 9.02. The maximum atomic E-state index is 13.2. The number of aliphatic hydroxyl groups is 2. The van der Waals surface area contributed by atoms with Gasteiger partial charge >= 0.3 is 23.7 Å². The van der Waals surface area contributed by atoms with Crippen LogP contribution in [0.15, 0.2) is 104 Å². The monoisotopic (exact) mass is 1190 g/mol. The first-order valence-electron chi connectivity index (χ1n) is 20.0. The number of primary amides is 2. The summed E-state index contributed by atoms with van der Waals surface area (Å²) >= 11 is 18.3. The van der Waals surface area contributed by atoms with Gasteiger partial charge in [0.1, 0.15) is 13.1 Å². The number of ketones is 1. The minimum atomic E-state index is -5.47. The fraction of sp³-hybridized carbons (Fsp3) is 0.175. The van der Waals surface area contributed by atoms with Crippen LogP contribution in [-0.2, 0) is 31.0 Å². The van der Waals surface area contributed by atoms with E-state index >= 15 is 0 Å². The largest absolute Gasteiger partial charge is 0.451 e. The van der Waals surface area contributed by atoms with Crippen LogP contribution in [0.2, 0.25) is 10.0 Å². The number of rotatable bonds is 14. The highest BCUT2D eigenvalue weighted by Crippen LogP contribution is 2.31. The number of alkyl halides is 6. The Morgan fingerprint density at radius 2 is 1.01 bits per heavy atom. The minimum Gasteiger partial charge on any atom is -0.363 e. The van der Waals surface area contributed by atoms with E-state index in [0.29, 0.717) is 32.8 Å². The van der Waals surface area contributed by atoms with E-state index in [4.69, 9.17) is 34.7 Å². The van der Waals surface area contributed by atoms with Crippen LogP contribution in [0.1, 0.15) is 32.9 Å². The number of nitrogens with two attached hydrogens (primary N) is 2. The molecule has 33 heteroatoms. The van der Waals surface area contributed by atoms with E-state index in [2.05, 4.69) is 72.2 Å². The Balaban J connectivity index is 0.000000214. The molecule has 23 nitrogen and oxygen atoms in total. The number of amides is 2. The van der Waals surface area contributed by atoms with Gasteiger partial charge in [0, 0.05) is 33.6 Å². The Morgan fingerprint density at radius 1 is 0.616 bits per heavy atom. The average molecular weight is 1190 g/mol. The number of hydrogen-bond acceptors (Lipinski definition) is 15. The van der Waals surface area contributed by atoms with Gasteiger partial charge in [-0.3, -0.25) is 23.5 Å². The van der Waals surface area contributed by atoms with Gasteiger partial charge < -0.3 is 21.7 Å². The standard InChI is InChI=1S/C20H15BrClF3N8O4.C20H13BrClF3N8O3/c21-12-2-1-7-27-16(12)33-17(14(26)34)28-13(29-33)8-32-18(35)31(9-19(36,37)20(23,24)25)15(30-32)10-3-5-11(22)6-4-10;21-12-2-1-7-27-17(12)33-18(15(26)35)28-14(29-33)9-32-19(36)31(8-13(34)20(23,24)25)16(30-32)10-3-5-11(22)6-4-10/h1-7,36-37H,8-9H2,(H2,26,34);1-7H,8-9H2,(H2,26,35). The first kappa shape index (κ1) is 53.4. The second-order valence-electron chi connectivity index (χ2n) is 14.8. The van der Waals surface area contributed by atoms with Gasteiger partial charge in [-0.1, -0.05) is 23.2 Å². The van der Waals surface area contributed by atoms with E-state index in [-0.39, 0.29) is 57.7 Å². The van der Waals surface area contributed by atoms with Crippen LogP contribution in [0.3, 0.4) is 0 Å². The molecule has 8 rings (SSSR count). The summed E-state index contributed by atoms with van der Waals surface area (Å²) in [6.45, 7) is -3.84. The minimum absolute atomic E-state index is 0.113. The zero-order valence-electron chi connectivity index (χ0n) is 36.0. The van der Waals surface area contributed by atoms with Gasteiger partial charge in [-0.2, -0.15) is 35.7 Å². The topological polar surface area (TPSA) is 311 Å². The maximum absolute atomic E-state index is 13.2. The van der Waals surface area contributed by atoms with E-state index in [1.165, 1.54) is 60.9 Å². The average Bonchev–Trinajstić information content (AvgIpc) is 4.09. The third-order valence-corrected chi connectivity index (χ3v) is 11.4. The van der Waals surface area contributed by atoms with Gasteiger partial charge in [0.2, 0.25) is 11.6 Å². The zero-order chi connectivity index (χ0) is 53.3. The number of benzene rings is 2. The van der Waals surface area contributed by atoms with Crippen molar-refractivity contribution in [3.05, 3.63) is 148 Å². The van der Waals surface area contributed by atoms with Crippen molar-refractivity contribution in [2.45, 2.75) is 44.3 Å². The number of Topliss-reactive ketones (excluding diaryl/α,β-unsaturated/α-hetero) is 1. The van der Waals surface area contributed by atoms with Gasteiger partial charge in [-0.15, -0.1) is 20.4 Å². The van der Waals surface area contributed by atoms with Crippen LogP contribution in [0.5, 0.6) is 0 Å². The van der Waals surface area contributed by atoms with Crippen LogP contribution < -0.4 is 22.8 Å². The summed E-state index contributed by atoms with van der Waals surface area (Å²) in [4.78, 5) is 77.9. The Morgan fingerprint density at radius 3 is 1.38 bits per heavy atom. The maximum Gasteiger partial charge on any atom is 0.451 e. The van der Waals surface area contributed by atoms with Gasteiger partial charge in [0.25, 0.3) is 23.4 Å². The van der Waals surface area contributed by atoms with Crippen LogP contribution in [0.25, 0.3) is 34.4 Å². The quantitative estimate of drug-likeness (QED) is 0.0887. The molecule has 0 unspecified atom stereocenters. The molecule has 0 saturated heterocycles. The van der Waals surface area contributed by atoms with E-state index < -0.39 is 73.3 Å². The molecular formula is C40H28Br2Cl2F6N16O7. The highest BCUT2D eigenvalue weighted by atomic mass is 79.9. The molecule has 0 bridgehead atoms. The molecule has 0 saturated carbocycles. The molecule has 2 aromatic carbocycles. The van der Waals surface area contributed by atoms with Gasteiger partial charge in [0.15, 0.2) is 34.9 Å². The molecule has 6 heterocycles. The normalized spacial score (nSPS) is 11.9. The van der Waals surface area contributed by atoms with Crippen molar-refractivity contribution < 1.29 is 50.9 Å². The van der Waals surface area contributed by atoms with E-state index in [0.717, 1.165) is 14.0 Å². The first-order chi connectivity index (χ1) is 34.2. The zero-order valence-corrected chi connectivity index (χ0v) is 40.7. The van der Waals surface area contributed by atoms with Crippen LogP contribution in [0.4, 0.5) is 26.3 Å². The smallest absolute Gasteiger partial charge is 0.363 e. The number of nitrogens with zero attached hydrogens (tertiary/aromatic N) is 14. The summed E-state index contributed by atoms with van der Waals surface area (Å²) in [6.07, 6.45) is -7.77. The second kappa shape index (κ2) is 21.0. The van der Waals surface area contributed by atoms with E-state index in [1.807, 2.05) is 0 Å². The third-order valence-electron chi connectivity index (χ3n) is 9.71. The van der Waals surface area contributed by atoms with Crippen LogP contribution in [-0.4, -0.2) is 114 Å². The lowest BCUT2D eigenvalue weighted by atomic mass is 10.2. The fourth-order valence-corrected chi connectivity index (χ4v) is 7.43. The van der Waals surface area contributed by atoms with E-state index in [1.54, 1.807) is 24.3 Å². The van der Waals surface area contributed by atoms with Crippen molar-refractivity contribution >= 4 is 72.7 Å². The Labute approximate surface area is 428 Å². The highest BCUT2D eigenvalue weighted by molar-refractivity contribution is 9.11. The molecule has 0 aliphatic carbocycles. The van der Waals surface area contributed by atoms with Crippen molar-refractivity contribution in [2.24, 2.45) is 11.5 Å². The van der Waals surface area contributed by atoms with Crippen LogP contribution in [0, 0.1) is 0 Å². The fourth-order valence-electron chi connectivity index (χ4n) is 6.33. The molecule has 73 heavy (non-hydrogen) atoms.